The number of H-pyrrole nitrogens is 1. The molecule has 40 heavy (non-hydrogen) atoms. The summed E-state index contributed by atoms with van der Waals surface area (Å²) in [4.78, 5) is 38.9. The van der Waals surface area contributed by atoms with Crippen LogP contribution >= 0.6 is 0 Å². The molecule has 1 saturated heterocycles. The van der Waals surface area contributed by atoms with Gasteiger partial charge in [0.15, 0.2) is 5.88 Å². The molecular weight excluding hydrogens is 502 g/mol. The number of fused-ring (bicyclic) bond motifs is 1. The molecule has 8 heteroatoms. The SMILES string of the molecule is CC(=O)Cc1ccc2[nH]c(O)c(C(=Nc3ccc(N(C)C(=O)CN4CCN(C)CC4)cc3)c3ccccc3)c2c1. The fourth-order valence-electron chi connectivity index (χ4n) is 5.05. The van der Waals surface area contributed by atoms with Gasteiger partial charge in [-0.3, -0.25) is 14.5 Å². The number of hydrogen-bond acceptors (Lipinski definition) is 6. The molecule has 1 aliphatic rings. The van der Waals surface area contributed by atoms with Gasteiger partial charge in [-0.25, -0.2) is 4.99 Å². The monoisotopic (exact) mass is 537 g/mol. The Labute approximate surface area is 234 Å². The van der Waals surface area contributed by atoms with Crippen molar-refractivity contribution in [1.29, 1.82) is 0 Å². The molecule has 0 radical (unpaired) electrons. The van der Waals surface area contributed by atoms with E-state index in [9.17, 15) is 14.7 Å². The fourth-order valence-corrected chi connectivity index (χ4v) is 5.05. The molecule has 1 aromatic heterocycles. The van der Waals surface area contributed by atoms with Crippen LogP contribution in [0.15, 0.2) is 77.8 Å². The van der Waals surface area contributed by atoms with Crippen LogP contribution in [0.1, 0.15) is 23.6 Å². The molecule has 0 bridgehead atoms. The molecule has 206 valence electrons. The van der Waals surface area contributed by atoms with Gasteiger partial charge in [0.1, 0.15) is 5.78 Å². The second-order valence-corrected chi connectivity index (χ2v) is 10.5. The van der Waals surface area contributed by atoms with Crippen LogP contribution in [0.5, 0.6) is 5.88 Å². The minimum atomic E-state index is 0.0171. The molecule has 0 saturated carbocycles. The number of amides is 1. The van der Waals surface area contributed by atoms with E-state index in [0.29, 0.717) is 29.9 Å². The van der Waals surface area contributed by atoms with Crippen molar-refractivity contribution in [3.8, 4) is 5.88 Å². The smallest absolute Gasteiger partial charge is 0.240 e. The molecule has 4 aromatic rings. The van der Waals surface area contributed by atoms with Gasteiger partial charge >= 0.3 is 0 Å². The first-order valence-electron chi connectivity index (χ1n) is 13.5. The van der Waals surface area contributed by atoms with Crippen LogP contribution in [0.2, 0.25) is 0 Å². The molecular formula is C32H35N5O3. The molecule has 1 fully saturated rings. The first kappa shape index (κ1) is 27.3. The molecule has 3 aromatic carbocycles. The minimum absolute atomic E-state index is 0.0171. The van der Waals surface area contributed by atoms with Gasteiger partial charge in [0, 0.05) is 61.8 Å². The van der Waals surface area contributed by atoms with Crippen molar-refractivity contribution in [3.63, 3.8) is 0 Å². The van der Waals surface area contributed by atoms with Crippen LogP contribution in [0.3, 0.4) is 0 Å². The summed E-state index contributed by atoms with van der Waals surface area (Å²) in [6.45, 7) is 5.69. The van der Waals surface area contributed by atoms with Crippen LogP contribution in [-0.4, -0.2) is 84.1 Å². The summed E-state index contributed by atoms with van der Waals surface area (Å²) < 4.78 is 0. The van der Waals surface area contributed by atoms with Crippen molar-refractivity contribution in [3.05, 3.63) is 89.5 Å². The lowest BCUT2D eigenvalue weighted by Gasteiger charge is -2.32. The summed E-state index contributed by atoms with van der Waals surface area (Å²) >= 11 is 0. The maximum atomic E-state index is 12.9. The number of likely N-dealkylation sites (N-methyl/N-ethyl adjacent to an activating group) is 2. The van der Waals surface area contributed by atoms with Crippen molar-refractivity contribution in [2.24, 2.45) is 4.99 Å². The van der Waals surface area contributed by atoms with E-state index in [1.54, 1.807) is 18.9 Å². The molecule has 2 heterocycles. The number of nitrogens with one attached hydrogen (secondary N) is 1. The van der Waals surface area contributed by atoms with E-state index >= 15 is 0 Å². The number of anilines is 1. The Kier molecular flexibility index (Phi) is 8.09. The number of aromatic hydroxyl groups is 1. The highest BCUT2D eigenvalue weighted by Gasteiger charge is 2.21. The number of carbonyl (C=O) groups excluding carboxylic acids is 2. The standard InChI is InChI=1S/C32H35N5O3/c1-22(38)19-23-9-14-28-27(20-23)30(32(40)34-28)31(24-7-5-4-6-8-24)33-25-10-12-26(13-11-25)36(3)29(39)21-37-17-15-35(2)16-18-37/h4-14,20,34,40H,15-19,21H2,1-3H3. The van der Waals surface area contributed by atoms with Gasteiger partial charge in [-0.1, -0.05) is 36.4 Å². The Morgan fingerprint density at radius 2 is 1.68 bits per heavy atom. The van der Waals surface area contributed by atoms with Crippen molar-refractivity contribution in [2.45, 2.75) is 13.3 Å². The number of carbonyl (C=O) groups is 2. The lowest BCUT2D eigenvalue weighted by atomic mass is 9.98. The molecule has 5 rings (SSSR count). The van der Waals surface area contributed by atoms with Gasteiger partial charge < -0.3 is 19.9 Å². The minimum Gasteiger partial charge on any atom is -0.494 e. The number of hydrogen-bond donors (Lipinski definition) is 2. The number of rotatable bonds is 8. The number of piperazine rings is 1. The predicted molar refractivity (Wildman–Crippen MR) is 160 cm³/mol. The normalized spacial score (nSPS) is 14.9. The third-order valence-electron chi connectivity index (χ3n) is 7.39. The number of benzene rings is 3. The van der Waals surface area contributed by atoms with Gasteiger partial charge in [0.25, 0.3) is 0 Å². The maximum Gasteiger partial charge on any atom is 0.240 e. The molecule has 8 nitrogen and oxygen atoms in total. The highest BCUT2D eigenvalue weighted by molar-refractivity contribution is 6.22. The zero-order chi connectivity index (χ0) is 28.2. The van der Waals surface area contributed by atoms with E-state index in [1.807, 2.05) is 72.8 Å². The highest BCUT2D eigenvalue weighted by Crippen LogP contribution is 2.32. The molecule has 2 N–H and O–H groups in total. The third kappa shape index (κ3) is 6.14. The van der Waals surface area contributed by atoms with Crippen LogP contribution in [0.25, 0.3) is 10.9 Å². The number of nitrogens with zero attached hydrogens (tertiary/aromatic N) is 4. The first-order valence-corrected chi connectivity index (χ1v) is 13.5. The molecule has 0 unspecified atom stereocenters. The zero-order valence-electron chi connectivity index (χ0n) is 23.2. The lowest BCUT2D eigenvalue weighted by Crippen LogP contribution is -2.48. The number of aromatic amines is 1. The van der Waals surface area contributed by atoms with E-state index in [0.717, 1.165) is 53.9 Å². The molecule has 0 atom stereocenters. The Bertz CT molecular complexity index is 1530. The Balaban J connectivity index is 1.45. The second-order valence-electron chi connectivity index (χ2n) is 10.5. The van der Waals surface area contributed by atoms with Crippen LogP contribution in [-0.2, 0) is 16.0 Å². The van der Waals surface area contributed by atoms with Crippen LogP contribution in [0.4, 0.5) is 11.4 Å². The third-order valence-corrected chi connectivity index (χ3v) is 7.39. The first-order chi connectivity index (χ1) is 19.3. The maximum absolute atomic E-state index is 12.9. The van der Waals surface area contributed by atoms with Crippen LogP contribution < -0.4 is 4.90 Å². The van der Waals surface area contributed by atoms with Crippen molar-refractivity contribution >= 4 is 39.7 Å². The van der Waals surface area contributed by atoms with Crippen molar-refractivity contribution in [1.82, 2.24) is 14.8 Å². The van der Waals surface area contributed by atoms with Gasteiger partial charge in [0.2, 0.25) is 5.91 Å². The van der Waals surface area contributed by atoms with E-state index < -0.39 is 0 Å². The second kappa shape index (κ2) is 11.9. The van der Waals surface area contributed by atoms with Gasteiger partial charge in [0.05, 0.1) is 23.5 Å². The summed E-state index contributed by atoms with van der Waals surface area (Å²) in [5.41, 5.74) is 5.16. The quantitative estimate of drug-likeness (QED) is 0.326. The van der Waals surface area contributed by atoms with Gasteiger partial charge in [-0.15, -0.1) is 0 Å². The summed E-state index contributed by atoms with van der Waals surface area (Å²) in [5.74, 6) is 0.143. The van der Waals surface area contributed by atoms with E-state index in [1.165, 1.54) is 0 Å². The van der Waals surface area contributed by atoms with Crippen LogP contribution in [0, 0.1) is 0 Å². The fraction of sp³-hybridized carbons (Fsp3) is 0.281. The number of aliphatic imine (C=N–C) groups is 1. The Morgan fingerprint density at radius 3 is 2.35 bits per heavy atom. The summed E-state index contributed by atoms with van der Waals surface area (Å²) in [6.07, 6.45) is 0.321. The average Bonchev–Trinajstić information content (AvgIpc) is 3.27. The summed E-state index contributed by atoms with van der Waals surface area (Å²) in [6, 6.07) is 23.0. The zero-order valence-corrected chi connectivity index (χ0v) is 23.2. The summed E-state index contributed by atoms with van der Waals surface area (Å²) in [7, 11) is 3.90. The van der Waals surface area contributed by atoms with Gasteiger partial charge in [-0.2, -0.15) is 0 Å². The largest absolute Gasteiger partial charge is 0.494 e. The predicted octanol–water partition coefficient (Wildman–Crippen LogP) is 4.38. The average molecular weight is 538 g/mol. The van der Waals surface area contributed by atoms with Crippen molar-refractivity contribution in [2.75, 3.05) is 51.7 Å². The van der Waals surface area contributed by atoms with Gasteiger partial charge in [-0.05, 0) is 55.9 Å². The topological polar surface area (TPSA) is 92.2 Å². The number of ketones is 1. The van der Waals surface area contributed by atoms with E-state index in [-0.39, 0.29) is 17.6 Å². The van der Waals surface area contributed by atoms with Crippen molar-refractivity contribution < 1.29 is 14.7 Å². The Morgan fingerprint density at radius 1 is 0.975 bits per heavy atom. The van der Waals surface area contributed by atoms with E-state index in [4.69, 9.17) is 4.99 Å². The molecule has 1 amide bonds. The highest BCUT2D eigenvalue weighted by atomic mass is 16.3. The lowest BCUT2D eigenvalue weighted by molar-refractivity contribution is -0.120. The number of Topliss-reactive ketones (excluding diaryl/α,β-unsaturated/α-hetero) is 1. The number of aromatic nitrogens is 1. The molecule has 0 aliphatic carbocycles. The molecule has 0 spiro atoms. The molecule has 1 aliphatic heterocycles. The van der Waals surface area contributed by atoms with E-state index in [2.05, 4.69) is 21.8 Å². The summed E-state index contributed by atoms with van der Waals surface area (Å²) in [5, 5.41) is 11.8. The Hall–Kier alpha value is -4.27.